The summed E-state index contributed by atoms with van der Waals surface area (Å²) >= 11 is 0. The van der Waals surface area contributed by atoms with Crippen LogP contribution in [0.5, 0.6) is 11.5 Å². The van der Waals surface area contributed by atoms with E-state index in [0.29, 0.717) is 37.2 Å². The molecular weight excluding hydrogens is 897 g/mol. The topological polar surface area (TPSA) is 114 Å². The van der Waals surface area contributed by atoms with Crippen LogP contribution in [0.3, 0.4) is 0 Å². The first-order valence-electron chi connectivity index (χ1n) is 24.5. The summed E-state index contributed by atoms with van der Waals surface area (Å²) in [5, 5.41) is 20.4. The maximum absolute atomic E-state index is 13.5. The predicted octanol–water partition coefficient (Wildman–Crippen LogP) is 10.3. The van der Waals surface area contributed by atoms with E-state index >= 15 is 0 Å². The first kappa shape index (κ1) is 48.6. The zero-order chi connectivity index (χ0) is 49.3. The van der Waals surface area contributed by atoms with Gasteiger partial charge in [0.05, 0.1) is 12.7 Å². The number of amides is 3. The number of phenolic OH excluding ortho intramolecular Hbond substituents is 1. The average molecular weight is 956 g/mol. The molecule has 0 aromatic heterocycles. The molecule has 2 atom stereocenters. The molecule has 10 rings (SSSR count). The molecule has 71 heavy (non-hydrogen) atoms. The van der Waals surface area contributed by atoms with Gasteiger partial charge in [-0.1, -0.05) is 90.5 Å². The molecule has 0 aliphatic carbocycles. The number of fused-ring (bicyclic) bond motifs is 2. The summed E-state index contributed by atoms with van der Waals surface area (Å²) in [4.78, 5) is 45.2. The second-order valence-electron chi connectivity index (χ2n) is 18.8. The van der Waals surface area contributed by atoms with E-state index in [1.807, 2.05) is 78.9 Å². The number of ether oxygens (including phenoxy) is 1. The number of carbonyl (C=O) groups excluding carboxylic acids is 3. The highest BCUT2D eigenvalue weighted by Crippen LogP contribution is 2.28. The van der Waals surface area contributed by atoms with Crippen LogP contribution in [0, 0.1) is 11.6 Å². The normalized spacial score (nSPS) is 17.3. The van der Waals surface area contributed by atoms with Crippen molar-refractivity contribution in [2.45, 2.75) is 57.3 Å². The van der Waals surface area contributed by atoms with Crippen molar-refractivity contribution in [3.63, 3.8) is 0 Å². The molecule has 7 aromatic rings. The largest absolute Gasteiger partial charge is 0.507 e. The smallest absolute Gasteiger partial charge is 0.257 e. The Kier molecular flexibility index (Phi) is 15.4. The van der Waals surface area contributed by atoms with Gasteiger partial charge in [-0.15, -0.1) is 0 Å². The fourth-order valence-corrected chi connectivity index (χ4v) is 10.0. The Morgan fingerprint density at radius 3 is 1.89 bits per heavy atom. The Morgan fingerprint density at radius 1 is 0.634 bits per heavy atom. The molecule has 10 nitrogen and oxygen atoms in total. The van der Waals surface area contributed by atoms with Crippen LogP contribution in [-0.4, -0.2) is 96.0 Å². The second kappa shape index (κ2) is 22.6. The number of benzene rings is 7. The van der Waals surface area contributed by atoms with E-state index in [4.69, 9.17) is 4.74 Å². The number of hydrogen-bond donors (Lipinski definition) is 3. The number of likely N-dealkylation sites (tertiary alicyclic amines) is 3. The Bertz CT molecular complexity index is 3060. The van der Waals surface area contributed by atoms with E-state index in [1.165, 1.54) is 36.4 Å². The summed E-state index contributed by atoms with van der Waals surface area (Å²) in [6.07, 6.45) is 5.83. The van der Waals surface area contributed by atoms with Gasteiger partial charge in [-0.25, -0.2) is 8.78 Å². The van der Waals surface area contributed by atoms with E-state index in [2.05, 4.69) is 38.6 Å². The van der Waals surface area contributed by atoms with E-state index in [0.717, 1.165) is 96.8 Å². The summed E-state index contributed by atoms with van der Waals surface area (Å²) in [6, 6.07) is 44.6. The standard InChI is InChI=1S/C30H32FN3O4.C29H27FN2O/c1-38-26-6-7-28(35)27(17-26)30(37)34-12-8-20(9-13-34)15-29(36)32-25-10-11-33(19-25)18-21-2-3-23-16-24(31)5-4-22(23)14-21;30-25-15-14-23-17-21(12-13-24(23)18-25)19-32-16-6-9-26(20-32)31-29(33)28-11-5-4-10-27(28)22-7-2-1-3-8-22/h2-7,14-17,25,35H,8-13,18-19H2,1H3,(H,32,36);1-5,7-8,10-15,17-18,26H,6,9,16,19-20H2,(H,31,33). The number of rotatable bonds is 11. The van der Waals surface area contributed by atoms with Gasteiger partial charge in [-0.2, -0.15) is 0 Å². The predicted molar refractivity (Wildman–Crippen MR) is 275 cm³/mol. The third-order valence-corrected chi connectivity index (χ3v) is 13.7. The van der Waals surface area contributed by atoms with Crippen molar-refractivity contribution in [2.24, 2.45) is 0 Å². The van der Waals surface area contributed by atoms with Crippen molar-refractivity contribution in [1.82, 2.24) is 25.3 Å². The molecule has 0 spiro atoms. The second-order valence-corrected chi connectivity index (χ2v) is 18.8. The van der Waals surface area contributed by atoms with Crippen LogP contribution in [0.1, 0.15) is 63.9 Å². The monoisotopic (exact) mass is 955 g/mol. The van der Waals surface area contributed by atoms with Crippen LogP contribution >= 0.6 is 0 Å². The molecule has 3 saturated heterocycles. The van der Waals surface area contributed by atoms with Crippen LogP contribution in [0.15, 0.2) is 157 Å². The van der Waals surface area contributed by atoms with E-state index in [-0.39, 0.29) is 52.8 Å². The molecule has 0 bridgehead atoms. The number of nitrogens with zero attached hydrogens (tertiary/aromatic N) is 3. The molecular formula is C59H59F2N5O5. The molecule has 3 aliphatic rings. The van der Waals surface area contributed by atoms with Gasteiger partial charge in [0.1, 0.15) is 23.1 Å². The van der Waals surface area contributed by atoms with Crippen molar-refractivity contribution in [3.05, 3.63) is 191 Å². The van der Waals surface area contributed by atoms with Crippen LogP contribution in [0.4, 0.5) is 8.78 Å². The Labute approximate surface area is 413 Å². The summed E-state index contributed by atoms with van der Waals surface area (Å²) in [7, 11) is 1.52. The lowest BCUT2D eigenvalue weighted by Gasteiger charge is -2.33. The van der Waals surface area contributed by atoms with Crippen molar-refractivity contribution < 1.29 is 33.0 Å². The molecule has 0 saturated carbocycles. The minimum Gasteiger partial charge on any atom is -0.507 e. The number of halogens is 2. The minimum atomic E-state index is -0.241. The highest BCUT2D eigenvalue weighted by atomic mass is 19.1. The summed E-state index contributed by atoms with van der Waals surface area (Å²) < 4.78 is 32.1. The van der Waals surface area contributed by atoms with E-state index < -0.39 is 0 Å². The van der Waals surface area contributed by atoms with Crippen molar-refractivity contribution in [3.8, 4) is 22.6 Å². The van der Waals surface area contributed by atoms with Crippen LogP contribution < -0.4 is 15.4 Å². The average Bonchev–Trinajstić information content (AvgIpc) is 3.83. The van der Waals surface area contributed by atoms with Gasteiger partial charge in [-0.05, 0) is 143 Å². The summed E-state index contributed by atoms with van der Waals surface area (Å²) in [6.45, 7) is 6.09. The van der Waals surface area contributed by atoms with E-state index in [1.54, 1.807) is 41.3 Å². The molecule has 364 valence electrons. The van der Waals surface area contributed by atoms with Crippen LogP contribution in [0.25, 0.3) is 32.7 Å². The van der Waals surface area contributed by atoms with Gasteiger partial charge in [0, 0.05) is 69.5 Å². The fraction of sp³-hybridized carbons (Fsp3) is 0.271. The van der Waals surface area contributed by atoms with Crippen molar-refractivity contribution >= 4 is 39.3 Å². The zero-order valence-corrected chi connectivity index (χ0v) is 40.0. The van der Waals surface area contributed by atoms with Crippen LogP contribution in [-0.2, 0) is 17.9 Å². The van der Waals surface area contributed by atoms with Gasteiger partial charge in [-0.3, -0.25) is 24.2 Å². The number of aromatic hydroxyl groups is 1. The molecule has 2 unspecified atom stereocenters. The quantitative estimate of drug-likeness (QED) is 0.111. The number of methoxy groups -OCH3 is 1. The Morgan fingerprint density at radius 2 is 1.23 bits per heavy atom. The van der Waals surface area contributed by atoms with Crippen molar-refractivity contribution in [1.29, 1.82) is 0 Å². The lowest BCUT2D eigenvalue weighted by atomic mass is 9.98. The van der Waals surface area contributed by atoms with Gasteiger partial charge in [0.25, 0.3) is 11.8 Å². The van der Waals surface area contributed by atoms with Crippen LogP contribution in [0.2, 0.25) is 0 Å². The van der Waals surface area contributed by atoms with Gasteiger partial charge in [0.2, 0.25) is 5.91 Å². The molecule has 3 heterocycles. The molecule has 0 radical (unpaired) electrons. The van der Waals surface area contributed by atoms with Gasteiger partial charge in [0.15, 0.2) is 0 Å². The Balaban J connectivity index is 0.000000177. The Hall–Kier alpha value is -7.41. The minimum absolute atomic E-state index is 0.0194. The lowest BCUT2D eigenvalue weighted by molar-refractivity contribution is -0.117. The first-order chi connectivity index (χ1) is 34.5. The third kappa shape index (κ3) is 12.5. The highest BCUT2D eigenvalue weighted by Gasteiger charge is 2.27. The highest BCUT2D eigenvalue weighted by molar-refractivity contribution is 6.01. The fourth-order valence-electron chi connectivity index (χ4n) is 10.0. The zero-order valence-electron chi connectivity index (χ0n) is 40.0. The number of phenols is 1. The summed E-state index contributed by atoms with van der Waals surface area (Å²) in [5.41, 5.74) is 6.32. The molecule has 3 fully saturated rings. The maximum Gasteiger partial charge on any atom is 0.257 e. The molecule has 3 amide bonds. The molecule has 3 aliphatic heterocycles. The first-order valence-corrected chi connectivity index (χ1v) is 24.5. The van der Waals surface area contributed by atoms with E-state index in [9.17, 15) is 28.3 Å². The SMILES string of the molecule is COc1ccc(O)c(C(=O)N2CCC(=CC(=O)NC3CCN(Cc4ccc5cc(F)ccc5c4)C3)CC2)c1.O=C(NC1CCCN(Cc2ccc3cc(F)ccc3c2)C1)c1ccccc1-c1ccccc1. The number of nitrogens with one attached hydrogen (secondary N) is 2. The maximum atomic E-state index is 13.5. The van der Waals surface area contributed by atoms with Crippen molar-refractivity contribution in [2.75, 3.05) is 46.4 Å². The number of hydrogen-bond acceptors (Lipinski definition) is 7. The molecule has 7 aromatic carbocycles. The lowest BCUT2D eigenvalue weighted by Crippen LogP contribution is -2.47. The number of carbonyl (C=O) groups is 3. The van der Waals surface area contributed by atoms with Gasteiger partial charge < -0.3 is 25.4 Å². The van der Waals surface area contributed by atoms with Gasteiger partial charge >= 0.3 is 0 Å². The number of piperidine rings is 2. The molecule has 3 N–H and O–H groups in total. The molecule has 12 heteroatoms. The summed E-state index contributed by atoms with van der Waals surface area (Å²) in [5.74, 6) is -0.351. The third-order valence-electron chi connectivity index (χ3n) is 13.7.